The van der Waals surface area contributed by atoms with Gasteiger partial charge in [-0.1, -0.05) is 220 Å². The summed E-state index contributed by atoms with van der Waals surface area (Å²) < 4.78 is 2.30. The molecule has 0 radical (unpaired) electrons. The van der Waals surface area contributed by atoms with Gasteiger partial charge in [-0.15, -0.1) is 0 Å². The predicted octanol–water partition coefficient (Wildman–Crippen LogP) is 15.3. The molecule has 4 heteroatoms. The maximum atomic E-state index is 5.52. The van der Waals surface area contributed by atoms with Gasteiger partial charge in [-0.05, 0) is 78.9 Å². The molecule has 0 N–H and O–H groups in total. The van der Waals surface area contributed by atoms with Gasteiger partial charge in [0.15, 0.2) is 11.6 Å². The Morgan fingerprint density at radius 3 is 1.58 bits per heavy atom. The Morgan fingerprint density at radius 2 is 0.859 bits per heavy atom. The zero-order chi connectivity index (χ0) is 42.8. The monoisotopic (exact) mass is 818 g/mol. The second kappa shape index (κ2) is 15.0. The van der Waals surface area contributed by atoms with Crippen LogP contribution in [0.3, 0.4) is 0 Å². The van der Waals surface area contributed by atoms with Crippen LogP contribution >= 0.6 is 0 Å². The lowest BCUT2D eigenvalue weighted by atomic mass is 9.81. The van der Waals surface area contributed by atoms with Gasteiger partial charge in [0.05, 0.1) is 11.0 Å². The molecule has 0 spiro atoms. The van der Waals surface area contributed by atoms with Crippen molar-refractivity contribution in [2.75, 3.05) is 0 Å². The molecule has 302 valence electrons. The molecule has 0 bridgehead atoms. The molecule has 1 aliphatic rings. The molecule has 0 atom stereocenters. The Balaban J connectivity index is 1.09. The summed E-state index contributed by atoms with van der Waals surface area (Å²) in [5, 5.41) is 2.34. The average molecular weight is 819 g/mol. The molecule has 11 aromatic rings. The third-order valence-corrected chi connectivity index (χ3v) is 13.1. The van der Waals surface area contributed by atoms with Gasteiger partial charge < -0.3 is 0 Å². The second-order valence-electron chi connectivity index (χ2n) is 17.2. The van der Waals surface area contributed by atoms with Crippen molar-refractivity contribution in [2.24, 2.45) is 0 Å². The second-order valence-corrected chi connectivity index (χ2v) is 17.2. The third kappa shape index (κ3) is 6.10. The SMILES string of the molecule is CC1(C)c2ccccc2-c2ccc3c4ccccc4n(-c4nc(-c5ccc(-c6ccccc6)cc5)nc(-c5ccccc5-c5cccc(-c6ccccc6-c6ccccc6)c5)n4)c3c21. The van der Waals surface area contributed by atoms with E-state index in [1.54, 1.807) is 0 Å². The summed E-state index contributed by atoms with van der Waals surface area (Å²) in [6.45, 7) is 4.70. The number of hydrogen-bond acceptors (Lipinski definition) is 3. The van der Waals surface area contributed by atoms with E-state index >= 15 is 0 Å². The fraction of sp³-hybridized carbons (Fsp3) is 0.0500. The van der Waals surface area contributed by atoms with E-state index in [1.165, 1.54) is 44.3 Å². The molecular formula is C60H42N4. The first-order valence-electron chi connectivity index (χ1n) is 21.9. The van der Waals surface area contributed by atoms with Crippen LogP contribution < -0.4 is 0 Å². The van der Waals surface area contributed by atoms with Crippen molar-refractivity contribution >= 4 is 21.8 Å². The van der Waals surface area contributed by atoms with Gasteiger partial charge in [-0.2, -0.15) is 9.97 Å². The number of fused-ring (bicyclic) bond motifs is 7. The fourth-order valence-corrected chi connectivity index (χ4v) is 10.1. The summed E-state index contributed by atoms with van der Waals surface area (Å²) in [5.41, 5.74) is 18.0. The smallest absolute Gasteiger partial charge is 0.238 e. The van der Waals surface area contributed by atoms with Gasteiger partial charge in [0.25, 0.3) is 0 Å². The predicted molar refractivity (Wildman–Crippen MR) is 264 cm³/mol. The van der Waals surface area contributed by atoms with Crippen LogP contribution in [0.4, 0.5) is 0 Å². The van der Waals surface area contributed by atoms with Crippen molar-refractivity contribution in [3.05, 3.63) is 230 Å². The van der Waals surface area contributed by atoms with Crippen molar-refractivity contribution < 1.29 is 0 Å². The highest BCUT2D eigenvalue weighted by atomic mass is 15.2. The van der Waals surface area contributed by atoms with Gasteiger partial charge in [0.1, 0.15) is 0 Å². The normalized spacial score (nSPS) is 12.7. The Labute approximate surface area is 372 Å². The first kappa shape index (κ1) is 37.5. The van der Waals surface area contributed by atoms with Crippen LogP contribution in [-0.2, 0) is 5.41 Å². The minimum absolute atomic E-state index is 0.264. The first-order chi connectivity index (χ1) is 31.5. The molecule has 0 fully saturated rings. The quantitative estimate of drug-likeness (QED) is 0.161. The highest BCUT2D eigenvalue weighted by Gasteiger charge is 2.38. The highest BCUT2D eigenvalue weighted by molar-refractivity contribution is 6.13. The summed E-state index contributed by atoms with van der Waals surface area (Å²) >= 11 is 0. The van der Waals surface area contributed by atoms with Gasteiger partial charge in [-0.3, -0.25) is 4.57 Å². The number of nitrogens with zero attached hydrogens (tertiary/aromatic N) is 4. The van der Waals surface area contributed by atoms with E-state index in [4.69, 9.17) is 15.0 Å². The molecule has 12 rings (SSSR count). The first-order valence-corrected chi connectivity index (χ1v) is 21.9. The molecule has 0 unspecified atom stereocenters. The van der Waals surface area contributed by atoms with Crippen LogP contribution in [-0.4, -0.2) is 19.5 Å². The Bertz CT molecular complexity index is 3570. The van der Waals surface area contributed by atoms with Crippen molar-refractivity contribution in [1.29, 1.82) is 0 Å². The van der Waals surface area contributed by atoms with Crippen LogP contribution in [0.2, 0.25) is 0 Å². The van der Waals surface area contributed by atoms with Crippen LogP contribution in [0, 0.1) is 0 Å². The molecule has 0 amide bonds. The van der Waals surface area contributed by atoms with Gasteiger partial charge in [0.2, 0.25) is 5.95 Å². The summed E-state index contributed by atoms with van der Waals surface area (Å²) in [6.07, 6.45) is 0. The van der Waals surface area contributed by atoms with E-state index in [1.807, 2.05) is 6.07 Å². The number of benzene rings is 9. The third-order valence-electron chi connectivity index (χ3n) is 13.1. The molecule has 0 saturated heterocycles. The lowest BCUT2D eigenvalue weighted by Gasteiger charge is -2.23. The fourth-order valence-electron chi connectivity index (χ4n) is 10.1. The van der Waals surface area contributed by atoms with Crippen LogP contribution in [0.5, 0.6) is 0 Å². The van der Waals surface area contributed by atoms with Crippen LogP contribution in [0.1, 0.15) is 25.0 Å². The molecule has 64 heavy (non-hydrogen) atoms. The maximum absolute atomic E-state index is 5.52. The number of rotatable bonds is 7. The van der Waals surface area contributed by atoms with E-state index in [9.17, 15) is 0 Å². The summed E-state index contributed by atoms with van der Waals surface area (Å²) in [4.78, 5) is 16.3. The number of para-hydroxylation sites is 1. The zero-order valence-electron chi connectivity index (χ0n) is 35.6. The lowest BCUT2D eigenvalue weighted by molar-refractivity contribution is 0.663. The van der Waals surface area contributed by atoms with Gasteiger partial charge >= 0.3 is 0 Å². The van der Waals surface area contributed by atoms with Crippen molar-refractivity contribution in [3.63, 3.8) is 0 Å². The van der Waals surface area contributed by atoms with Crippen LogP contribution in [0.15, 0.2) is 218 Å². The Morgan fingerprint density at radius 1 is 0.344 bits per heavy atom. The molecule has 2 heterocycles. The average Bonchev–Trinajstić information content (AvgIpc) is 3.82. The summed E-state index contributed by atoms with van der Waals surface area (Å²) in [6, 6.07) is 77.7. The molecule has 1 aliphatic carbocycles. The molecule has 0 saturated carbocycles. The molecule has 4 nitrogen and oxygen atoms in total. The Kier molecular flexibility index (Phi) is 8.80. The molecule has 0 aliphatic heterocycles. The number of aromatic nitrogens is 4. The van der Waals surface area contributed by atoms with E-state index < -0.39 is 0 Å². The summed E-state index contributed by atoms with van der Waals surface area (Å²) in [7, 11) is 0. The molecule has 2 aromatic heterocycles. The minimum Gasteiger partial charge on any atom is -0.277 e. The van der Waals surface area contributed by atoms with E-state index in [0.29, 0.717) is 17.6 Å². The van der Waals surface area contributed by atoms with Crippen LogP contribution in [0.25, 0.3) is 106 Å². The zero-order valence-corrected chi connectivity index (χ0v) is 35.6. The van der Waals surface area contributed by atoms with Gasteiger partial charge in [0, 0.05) is 27.3 Å². The van der Waals surface area contributed by atoms with E-state index in [-0.39, 0.29) is 5.41 Å². The minimum atomic E-state index is -0.264. The van der Waals surface area contributed by atoms with E-state index in [2.05, 4.69) is 231 Å². The van der Waals surface area contributed by atoms with Crippen molar-refractivity contribution in [3.8, 4) is 84.4 Å². The Hall–Kier alpha value is -8.21. The molecular weight excluding hydrogens is 777 g/mol. The lowest BCUT2D eigenvalue weighted by Crippen LogP contribution is -2.17. The number of hydrogen-bond donors (Lipinski definition) is 0. The largest absolute Gasteiger partial charge is 0.277 e. The van der Waals surface area contributed by atoms with Crippen molar-refractivity contribution in [2.45, 2.75) is 19.3 Å². The highest BCUT2D eigenvalue weighted by Crippen LogP contribution is 2.53. The summed E-state index contributed by atoms with van der Waals surface area (Å²) in [5.74, 6) is 1.80. The van der Waals surface area contributed by atoms with Crippen molar-refractivity contribution in [1.82, 2.24) is 19.5 Å². The van der Waals surface area contributed by atoms with E-state index in [0.717, 1.165) is 55.4 Å². The van der Waals surface area contributed by atoms with Gasteiger partial charge in [-0.25, -0.2) is 4.98 Å². The maximum Gasteiger partial charge on any atom is 0.238 e. The standard InChI is InChI=1S/C60H42N4/c1-60(2)53-30-15-13-27-48(53)50-36-37-51-49-28-14-16-31-54(49)64(56(51)55(50)60)59-62-57(42-34-32-40(33-35-42)39-18-5-3-6-19-39)61-58(63-59)52-29-12-11-26-47(52)44-23-17-22-43(38-44)46-25-10-9-24-45(46)41-20-7-4-8-21-41/h3-38H,1-2H3. The molecule has 9 aromatic carbocycles. The topological polar surface area (TPSA) is 43.6 Å².